The second kappa shape index (κ2) is 8.22. The van der Waals surface area contributed by atoms with E-state index in [0.29, 0.717) is 5.01 Å². The molecule has 3 aromatic rings. The van der Waals surface area contributed by atoms with Gasteiger partial charge in [-0.25, -0.2) is 18.1 Å². The minimum absolute atomic E-state index is 0.0137. The van der Waals surface area contributed by atoms with Gasteiger partial charge in [-0.05, 0) is 23.8 Å². The van der Waals surface area contributed by atoms with Crippen molar-refractivity contribution < 1.29 is 17.9 Å². The number of para-hydroxylation sites is 1. The molecule has 8 heteroatoms. The van der Waals surface area contributed by atoms with Crippen molar-refractivity contribution >= 4 is 43.6 Å². The summed E-state index contributed by atoms with van der Waals surface area (Å²) >= 11 is 1.43. The van der Waals surface area contributed by atoms with Gasteiger partial charge >= 0.3 is 5.97 Å². The molecule has 26 heavy (non-hydrogen) atoms. The second-order valence-corrected chi connectivity index (χ2v) is 8.08. The summed E-state index contributed by atoms with van der Waals surface area (Å²) in [6.07, 6.45) is 1.45. The van der Waals surface area contributed by atoms with Gasteiger partial charge in [0.05, 0.1) is 10.2 Å². The fraction of sp³-hybridized carbons (Fsp3) is 0.111. The Labute approximate surface area is 155 Å². The molecule has 0 atom stereocenters. The number of benzene rings is 2. The molecule has 3 rings (SSSR count). The van der Waals surface area contributed by atoms with Crippen LogP contribution in [0.25, 0.3) is 16.3 Å². The van der Waals surface area contributed by atoms with E-state index in [1.165, 1.54) is 17.4 Å². The maximum Gasteiger partial charge on any atom is 0.321 e. The van der Waals surface area contributed by atoms with Crippen LogP contribution in [0, 0.1) is 0 Å². The molecule has 0 unspecified atom stereocenters. The van der Waals surface area contributed by atoms with Crippen molar-refractivity contribution in [2.45, 2.75) is 6.61 Å². The molecular formula is C18H16N2O4S2. The Morgan fingerprint density at radius 3 is 2.62 bits per heavy atom. The highest BCUT2D eigenvalue weighted by Crippen LogP contribution is 2.21. The lowest BCUT2D eigenvalue weighted by Gasteiger charge is -2.03. The molecule has 0 amide bonds. The Morgan fingerprint density at radius 2 is 1.85 bits per heavy atom. The number of fused-ring (bicyclic) bond motifs is 1. The van der Waals surface area contributed by atoms with E-state index in [0.717, 1.165) is 21.2 Å². The van der Waals surface area contributed by atoms with Gasteiger partial charge in [0, 0.05) is 5.41 Å². The smallest absolute Gasteiger partial charge is 0.321 e. The van der Waals surface area contributed by atoms with Crippen molar-refractivity contribution in [2.75, 3.05) is 6.54 Å². The van der Waals surface area contributed by atoms with Crippen molar-refractivity contribution in [3.63, 3.8) is 0 Å². The summed E-state index contributed by atoms with van der Waals surface area (Å²) < 4.78 is 32.0. The zero-order chi connectivity index (χ0) is 18.4. The quantitative estimate of drug-likeness (QED) is 0.629. The summed E-state index contributed by atoms with van der Waals surface area (Å²) in [6.45, 7) is -0.424. The van der Waals surface area contributed by atoms with E-state index < -0.39 is 22.5 Å². The monoisotopic (exact) mass is 388 g/mol. The van der Waals surface area contributed by atoms with E-state index in [1.54, 1.807) is 24.3 Å². The molecule has 1 N–H and O–H groups in total. The first-order valence-corrected chi connectivity index (χ1v) is 10.1. The van der Waals surface area contributed by atoms with Crippen molar-refractivity contribution in [3.8, 4) is 0 Å². The van der Waals surface area contributed by atoms with Crippen LogP contribution < -0.4 is 4.72 Å². The number of ether oxygens (including phenoxy) is 1. The highest BCUT2D eigenvalue weighted by atomic mass is 32.2. The molecule has 1 heterocycles. The standard InChI is InChI=1S/C18H16N2O4S2/c21-18(24-13-17-20-15-8-4-5-9-16(15)25-17)12-19-26(22,23)11-10-14-6-2-1-3-7-14/h1-11,19H,12-13H2/b11-10+. The molecule has 2 aromatic carbocycles. The number of nitrogens with zero attached hydrogens (tertiary/aromatic N) is 1. The number of hydrogen-bond acceptors (Lipinski definition) is 6. The second-order valence-electron chi connectivity index (χ2n) is 5.32. The van der Waals surface area contributed by atoms with Crippen LogP contribution in [0.15, 0.2) is 60.0 Å². The van der Waals surface area contributed by atoms with E-state index in [4.69, 9.17) is 4.74 Å². The summed E-state index contributed by atoms with van der Waals surface area (Å²) in [5.74, 6) is -0.666. The number of carbonyl (C=O) groups excluding carboxylic acids is 1. The third-order valence-electron chi connectivity index (χ3n) is 3.35. The molecule has 0 bridgehead atoms. The van der Waals surface area contributed by atoms with Crippen LogP contribution in [0.3, 0.4) is 0 Å². The Morgan fingerprint density at radius 1 is 1.12 bits per heavy atom. The van der Waals surface area contributed by atoms with Gasteiger partial charge in [0.2, 0.25) is 10.0 Å². The Bertz CT molecular complexity index is 995. The number of thiazole rings is 1. The first-order valence-electron chi connectivity index (χ1n) is 7.75. The molecule has 1 aromatic heterocycles. The first-order chi connectivity index (χ1) is 12.5. The van der Waals surface area contributed by atoms with Crippen LogP contribution in [0.4, 0.5) is 0 Å². The summed E-state index contributed by atoms with van der Waals surface area (Å²) in [5, 5.41) is 1.68. The zero-order valence-corrected chi connectivity index (χ0v) is 15.3. The fourth-order valence-corrected chi connectivity index (χ4v) is 3.75. The highest BCUT2D eigenvalue weighted by molar-refractivity contribution is 7.92. The predicted octanol–water partition coefficient (Wildman–Crippen LogP) is 2.93. The minimum atomic E-state index is -3.72. The largest absolute Gasteiger partial charge is 0.457 e. The van der Waals surface area contributed by atoms with E-state index in [9.17, 15) is 13.2 Å². The number of carbonyl (C=O) groups is 1. The van der Waals surface area contributed by atoms with Gasteiger partial charge in [-0.1, -0.05) is 42.5 Å². The van der Waals surface area contributed by atoms with Gasteiger partial charge in [0.1, 0.15) is 18.2 Å². The van der Waals surface area contributed by atoms with Crippen molar-refractivity contribution in [1.82, 2.24) is 9.71 Å². The molecule has 134 valence electrons. The fourth-order valence-electron chi connectivity index (χ4n) is 2.11. The average molecular weight is 388 g/mol. The summed E-state index contributed by atoms with van der Waals surface area (Å²) in [5.41, 5.74) is 1.59. The third kappa shape index (κ3) is 5.22. The van der Waals surface area contributed by atoms with Gasteiger partial charge in [-0.15, -0.1) is 11.3 Å². The minimum Gasteiger partial charge on any atom is -0.457 e. The van der Waals surface area contributed by atoms with Gasteiger partial charge in [-0.2, -0.15) is 0 Å². The van der Waals surface area contributed by atoms with Gasteiger partial charge in [0.25, 0.3) is 0 Å². The number of hydrogen-bond donors (Lipinski definition) is 1. The molecule has 0 aliphatic heterocycles. The maximum absolute atomic E-state index is 11.9. The summed E-state index contributed by atoms with van der Waals surface area (Å²) in [4.78, 5) is 16.1. The number of esters is 1. The van der Waals surface area contributed by atoms with Crippen LogP contribution in [0.1, 0.15) is 10.6 Å². The first kappa shape index (κ1) is 18.2. The molecule has 0 spiro atoms. The number of rotatable bonds is 7. The van der Waals surface area contributed by atoms with Crippen LogP contribution >= 0.6 is 11.3 Å². The molecule has 0 fully saturated rings. The van der Waals surface area contributed by atoms with Crippen molar-refractivity contribution in [3.05, 3.63) is 70.6 Å². The molecule has 0 aliphatic rings. The third-order valence-corrected chi connectivity index (χ3v) is 5.40. The Kier molecular flexibility index (Phi) is 5.77. The topological polar surface area (TPSA) is 85.4 Å². The number of aromatic nitrogens is 1. The van der Waals surface area contributed by atoms with Crippen LogP contribution in [-0.2, 0) is 26.2 Å². The highest BCUT2D eigenvalue weighted by Gasteiger charge is 2.11. The molecule has 0 saturated heterocycles. The van der Waals surface area contributed by atoms with E-state index >= 15 is 0 Å². The lowest BCUT2D eigenvalue weighted by molar-refractivity contribution is -0.143. The van der Waals surface area contributed by atoms with E-state index in [-0.39, 0.29) is 6.61 Å². The molecule has 6 nitrogen and oxygen atoms in total. The van der Waals surface area contributed by atoms with Crippen LogP contribution in [0.5, 0.6) is 0 Å². The maximum atomic E-state index is 11.9. The lowest BCUT2D eigenvalue weighted by atomic mass is 10.2. The van der Waals surface area contributed by atoms with Gasteiger partial charge in [0.15, 0.2) is 0 Å². The summed E-state index contributed by atoms with van der Waals surface area (Å²) in [6, 6.07) is 16.6. The number of sulfonamides is 1. The molecule has 0 radical (unpaired) electrons. The lowest BCUT2D eigenvalue weighted by Crippen LogP contribution is -2.29. The van der Waals surface area contributed by atoms with Crippen LogP contribution in [-0.4, -0.2) is 25.9 Å². The summed E-state index contributed by atoms with van der Waals surface area (Å²) in [7, 11) is -3.72. The van der Waals surface area contributed by atoms with Crippen molar-refractivity contribution in [1.29, 1.82) is 0 Å². The zero-order valence-electron chi connectivity index (χ0n) is 13.7. The van der Waals surface area contributed by atoms with Crippen LogP contribution in [0.2, 0.25) is 0 Å². The average Bonchev–Trinajstić information content (AvgIpc) is 3.07. The molecular weight excluding hydrogens is 372 g/mol. The molecule has 0 saturated carbocycles. The van der Waals surface area contributed by atoms with Gasteiger partial charge in [-0.3, -0.25) is 4.79 Å². The van der Waals surface area contributed by atoms with Gasteiger partial charge < -0.3 is 4.74 Å². The van der Waals surface area contributed by atoms with E-state index in [2.05, 4.69) is 9.71 Å². The van der Waals surface area contributed by atoms with Crippen molar-refractivity contribution in [2.24, 2.45) is 0 Å². The Hall–Kier alpha value is -2.55. The Balaban J connectivity index is 1.49. The number of nitrogens with one attached hydrogen (secondary N) is 1. The normalized spacial score (nSPS) is 11.8. The van der Waals surface area contributed by atoms with E-state index in [1.807, 2.05) is 30.3 Å². The predicted molar refractivity (Wildman–Crippen MR) is 102 cm³/mol. The SMILES string of the molecule is O=C(CNS(=O)(=O)/C=C/c1ccccc1)OCc1nc2ccccc2s1. The molecule has 0 aliphatic carbocycles.